The minimum absolute atomic E-state index is 0.0473. The molecule has 1 aliphatic heterocycles. The highest BCUT2D eigenvalue weighted by Gasteiger charge is 2.32. The lowest BCUT2D eigenvalue weighted by Gasteiger charge is -2.29. The first-order valence-electron chi connectivity index (χ1n) is 9.77. The summed E-state index contributed by atoms with van der Waals surface area (Å²) in [5, 5.41) is 3.90. The van der Waals surface area contributed by atoms with Crippen molar-refractivity contribution < 1.29 is 23.9 Å². The van der Waals surface area contributed by atoms with Gasteiger partial charge in [0.2, 0.25) is 11.8 Å². The minimum Gasteiger partial charge on any atom is -0.442 e. The average Bonchev–Trinajstić information content (AvgIpc) is 3.00. The van der Waals surface area contributed by atoms with E-state index in [1.807, 2.05) is 20.8 Å². The first-order chi connectivity index (χ1) is 13.9. The molecule has 0 aliphatic carbocycles. The van der Waals surface area contributed by atoms with E-state index in [0.29, 0.717) is 17.9 Å². The van der Waals surface area contributed by atoms with Crippen molar-refractivity contribution in [1.29, 1.82) is 0 Å². The molecule has 0 saturated carbocycles. The third-order valence-electron chi connectivity index (χ3n) is 4.24. The molecular weight excluding hydrogens is 390 g/mol. The summed E-state index contributed by atoms with van der Waals surface area (Å²) in [5.41, 5.74) is 0.343. The van der Waals surface area contributed by atoms with Crippen LogP contribution in [0.5, 0.6) is 0 Å². The van der Waals surface area contributed by atoms with Crippen LogP contribution in [-0.4, -0.2) is 57.1 Å². The van der Waals surface area contributed by atoms with Gasteiger partial charge in [-0.25, -0.2) is 19.5 Å². The number of carbonyl (C=O) groups excluding carboxylic acids is 4. The zero-order valence-electron chi connectivity index (χ0n) is 18.5. The number of aromatic nitrogens is 2. The smallest absolute Gasteiger partial charge is 0.429 e. The molecule has 1 fully saturated rings. The van der Waals surface area contributed by atoms with Gasteiger partial charge in [-0.3, -0.25) is 19.3 Å². The summed E-state index contributed by atoms with van der Waals surface area (Å²) < 4.78 is 7.06. The lowest BCUT2D eigenvalue weighted by Crippen LogP contribution is -2.51. The average molecular weight is 419 g/mol. The molecule has 1 aromatic heterocycles. The second kappa shape index (κ2) is 8.68. The van der Waals surface area contributed by atoms with Crippen LogP contribution in [0.1, 0.15) is 65.8 Å². The van der Waals surface area contributed by atoms with Gasteiger partial charge in [0.15, 0.2) is 0 Å². The summed E-state index contributed by atoms with van der Waals surface area (Å²) in [5.74, 6) is -1.66. The molecule has 0 unspecified atom stereocenters. The van der Waals surface area contributed by atoms with Crippen molar-refractivity contribution >= 4 is 29.9 Å². The fraction of sp³-hybridized carbons (Fsp3) is 0.550. The number of carbonyl (C=O) groups is 4. The van der Waals surface area contributed by atoms with Crippen LogP contribution >= 0.6 is 0 Å². The van der Waals surface area contributed by atoms with Gasteiger partial charge in [0, 0.05) is 13.5 Å². The van der Waals surface area contributed by atoms with Crippen LogP contribution in [0.4, 0.5) is 4.79 Å². The fourth-order valence-electron chi connectivity index (χ4n) is 3.00. The van der Waals surface area contributed by atoms with Gasteiger partial charge >= 0.3 is 6.09 Å². The Hall–Kier alpha value is -3.17. The van der Waals surface area contributed by atoms with E-state index in [1.165, 1.54) is 24.3 Å². The second-order valence-corrected chi connectivity index (χ2v) is 8.23. The predicted molar refractivity (Wildman–Crippen MR) is 110 cm³/mol. The van der Waals surface area contributed by atoms with Gasteiger partial charge in [-0.05, 0) is 39.7 Å². The van der Waals surface area contributed by atoms with E-state index in [0.717, 1.165) is 4.90 Å². The van der Waals surface area contributed by atoms with Gasteiger partial charge in [-0.1, -0.05) is 13.8 Å². The summed E-state index contributed by atoms with van der Waals surface area (Å²) in [6.45, 7) is 12.2. The Morgan fingerprint density at radius 3 is 2.47 bits per heavy atom. The van der Waals surface area contributed by atoms with Crippen molar-refractivity contribution in [3.63, 3.8) is 0 Å². The molecular formula is C20H29N5O5. The molecule has 1 saturated heterocycles. The molecule has 1 aliphatic rings. The summed E-state index contributed by atoms with van der Waals surface area (Å²) in [6.07, 6.45) is 2.35. The fourth-order valence-corrected chi connectivity index (χ4v) is 3.00. The molecule has 1 N–H and O–H groups in total. The van der Waals surface area contributed by atoms with Crippen LogP contribution in [0.15, 0.2) is 12.0 Å². The van der Waals surface area contributed by atoms with Crippen LogP contribution in [0.3, 0.4) is 0 Å². The zero-order valence-corrected chi connectivity index (χ0v) is 18.5. The van der Waals surface area contributed by atoms with E-state index in [9.17, 15) is 19.2 Å². The number of rotatable bonds is 4. The number of imidazole rings is 1. The maximum atomic E-state index is 12.7. The standard InChI is InChI=1S/C20H29N5O5/c1-8-24(19(29)30-20(5,6)7)25-11-21-14(17(25)12(2)3)9-15-18(28)23(13(4)26)10-16(27)22-15/h9,11-12H,8,10H2,1-7H3,(H,22,27)/b15-9-. The number of hydrogen-bond acceptors (Lipinski definition) is 6. The summed E-state index contributed by atoms with van der Waals surface area (Å²) in [6, 6.07) is 0. The van der Waals surface area contributed by atoms with Gasteiger partial charge in [0.25, 0.3) is 5.91 Å². The van der Waals surface area contributed by atoms with Gasteiger partial charge in [-0.2, -0.15) is 0 Å². The van der Waals surface area contributed by atoms with Crippen molar-refractivity contribution in [1.82, 2.24) is 19.9 Å². The van der Waals surface area contributed by atoms with Gasteiger partial charge in [0.1, 0.15) is 24.2 Å². The number of hydrogen-bond donors (Lipinski definition) is 1. The lowest BCUT2D eigenvalue weighted by molar-refractivity contribution is -0.147. The van der Waals surface area contributed by atoms with Crippen LogP contribution < -0.4 is 10.3 Å². The number of nitrogens with zero attached hydrogens (tertiary/aromatic N) is 4. The van der Waals surface area contributed by atoms with Gasteiger partial charge < -0.3 is 10.1 Å². The van der Waals surface area contributed by atoms with E-state index in [-0.39, 0.29) is 18.2 Å². The van der Waals surface area contributed by atoms with Crippen LogP contribution in [0.2, 0.25) is 0 Å². The van der Waals surface area contributed by atoms with Gasteiger partial charge in [-0.15, -0.1) is 0 Å². The van der Waals surface area contributed by atoms with E-state index < -0.39 is 29.4 Å². The molecule has 10 heteroatoms. The maximum absolute atomic E-state index is 12.7. The van der Waals surface area contributed by atoms with Crippen molar-refractivity contribution in [3.05, 3.63) is 23.4 Å². The SMILES string of the molecule is CCN(C(=O)OC(C)(C)C)n1cnc(/C=C2\NC(=O)CN(C(C)=O)C2=O)c1C(C)C. The summed E-state index contributed by atoms with van der Waals surface area (Å²) in [4.78, 5) is 54.0. The number of ether oxygens (including phenoxy) is 1. The molecule has 10 nitrogen and oxygen atoms in total. The van der Waals surface area contributed by atoms with Crippen LogP contribution in [0.25, 0.3) is 6.08 Å². The molecule has 4 amide bonds. The number of nitrogens with one attached hydrogen (secondary N) is 1. The Morgan fingerprint density at radius 1 is 1.33 bits per heavy atom. The molecule has 2 heterocycles. The van der Waals surface area contributed by atoms with Crippen molar-refractivity contribution in [2.45, 2.75) is 60.0 Å². The topological polar surface area (TPSA) is 114 Å². The minimum atomic E-state index is -0.664. The molecule has 30 heavy (non-hydrogen) atoms. The predicted octanol–water partition coefficient (Wildman–Crippen LogP) is 1.75. The van der Waals surface area contributed by atoms with Crippen molar-refractivity contribution in [3.8, 4) is 0 Å². The summed E-state index contributed by atoms with van der Waals surface area (Å²) in [7, 11) is 0. The number of imide groups is 1. The molecule has 0 atom stereocenters. The monoisotopic (exact) mass is 419 g/mol. The third kappa shape index (κ3) is 5.05. The highest BCUT2D eigenvalue weighted by molar-refractivity contribution is 6.12. The van der Waals surface area contributed by atoms with Crippen molar-refractivity contribution in [2.75, 3.05) is 18.1 Å². The maximum Gasteiger partial charge on any atom is 0.429 e. The Labute approximate surface area is 175 Å². The second-order valence-electron chi connectivity index (χ2n) is 8.23. The largest absolute Gasteiger partial charge is 0.442 e. The number of piperazine rings is 1. The normalized spacial score (nSPS) is 16.1. The molecule has 164 valence electrons. The highest BCUT2D eigenvalue weighted by atomic mass is 16.6. The first-order valence-corrected chi connectivity index (χ1v) is 9.77. The van der Waals surface area contributed by atoms with Crippen molar-refractivity contribution in [2.24, 2.45) is 0 Å². The van der Waals surface area contributed by atoms with Crippen LogP contribution in [-0.2, 0) is 19.1 Å². The highest BCUT2D eigenvalue weighted by Crippen LogP contribution is 2.23. The lowest BCUT2D eigenvalue weighted by atomic mass is 10.1. The van der Waals surface area contributed by atoms with Gasteiger partial charge in [0.05, 0.1) is 11.4 Å². The molecule has 1 aromatic rings. The third-order valence-corrected chi connectivity index (χ3v) is 4.24. The Bertz CT molecular complexity index is 894. The molecule has 0 spiro atoms. The Morgan fingerprint density at radius 2 is 1.97 bits per heavy atom. The Kier molecular flexibility index (Phi) is 6.69. The first kappa shape index (κ1) is 23.1. The van der Waals surface area contributed by atoms with E-state index in [2.05, 4.69) is 10.3 Å². The van der Waals surface area contributed by atoms with E-state index in [4.69, 9.17) is 4.74 Å². The molecule has 0 aromatic carbocycles. The van der Waals surface area contributed by atoms with E-state index >= 15 is 0 Å². The molecule has 0 bridgehead atoms. The molecule has 0 radical (unpaired) electrons. The van der Waals surface area contributed by atoms with Crippen LogP contribution in [0, 0.1) is 0 Å². The van der Waals surface area contributed by atoms with E-state index in [1.54, 1.807) is 25.4 Å². The Balaban J connectivity index is 2.48. The zero-order chi connectivity index (χ0) is 22.8. The quantitative estimate of drug-likeness (QED) is 0.744. The summed E-state index contributed by atoms with van der Waals surface area (Å²) >= 11 is 0. The molecule has 2 rings (SSSR count). The number of amides is 4.